The number of hydrogen-bond donors (Lipinski definition) is 1. The minimum absolute atomic E-state index is 0.0170. The molecular formula is C103H134O25. The van der Waals surface area contributed by atoms with Crippen molar-refractivity contribution in [1.82, 2.24) is 0 Å². The van der Waals surface area contributed by atoms with Crippen LogP contribution in [0, 0.1) is 0 Å². The molecule has 0 fully saturated rings. The van der Waals surface area contributed by atoms with Gasteiger partial charge in [0.2, 0.25) is 0 Å². The van der Waals surface area contributed by atoms with Gasteiger partial charge < -0.3 is 95.1 Å². The fraction of sp³-hybridized carbons (Fsp3) is 0.466. The lowest BCUT2D eigenvalue weighted by Crippen LogP contribution is -2.11. The average Bonchev–Trinajstić information content (AvgIpc) is 0.814. The van der Waals surface area contributed by atoms with Gasteiger partial charge in [0.25, 0.3) is 0 Å². The van der Waals surface area contributed by atoms with E-state index in [1.165, 1.54) is 52.7 Å². The third-order valence-corrected chi connectivity index (χ3v) is 20.6. The smallest absolute Gasteiger partial charge is 0.342 e. The minimum atomic E-state index is -0.560. The van der Waals surface area contributed by atoms with E-state index in [0.717, 1.165) is 200 Å². The van der Waals surface area contributed by atoms with Crippen molar-refractivity contribution >= 4 is 54.2 Å². The third kappa shape index (κ3) is 41.2. The lowest BCUT2D eigenvalue weighted by molar-refractivity contribution is -0.135. The quantitative estimate of drug-likeness (QED) is 0.0160. The van der Waals surface area contributed by atoms with Crippen molar-refractivity contribution < 1.29 is 119 Å². The van der Waals surface area contributed by atoms with Gasteiger partial charge in [0.1, 0.15) is 41.8 Å². The molecule has 0 radical (unpaired) electrons. The van der Waals surface area contributed by atoms with E-state index in [-0.39, 0.29) is 37.7 Å². The summed E-state index contributed by atoms with van der Waals surface area (Å²) < 4.78 is 111. The van der Waals surface area contributed by atoms with Crippen molar-refractivity contribution in [3.8, 4) is 80.5 Å². The molecule has 0 saturated heterocycles. The predicted molar refractivity (Wildman–Crippen MR) is 495 cm³/mol. The molecule has 0 bridgehead atoms. The molecular weight excluding hydrogens is 1640 g/mol. The van der Waals surface area contributed by atoms with Gasteiger partial charge in [-0.3, -0.25) is 0 Å². The van der Waals surface area contributed by atoms with Gasteiger partial charge in [0.15, 0.2) is 57.5 Å². The molecule has 0 aliphatic carbocycles. The van der Waals surface area contributed by atoms with E-state index in [2.05, 4.69) is 0 Å². The molecule has 0 aliphatic rings. The monoisotopic (exact) mass is 1770 g/mol. The van der Waals surface area contributed by atoms with Gasteiger partial charge in [-0.1, -0.05) is 139 Å². The Bertz CT molecular complexity index is 4290. The molecule has 0 atom stereocenters. The molecule has 0 unspecified atom stereocenters. The maximum atomic E-state index is 14.3. The number of rotatable bonds is 69. The van der Waals surface area contributed by atoms with Crippen LogP contribution in [-0.4, -0.2) is 158 Å². The van der Waals surface area contributed by atoms with Crippen LogP contribution in [0.2, 0.25) is 0 Å². The number of aliphatic hydroxyl groups is 1. The maximum Gasteiger partial charge on any atom is 0.342 e. The van der Waals surface area contributed by atoms with Crippen molar-refractivity contribution in [1.29, 1.82) is 0 Å². The molecule has 0 heterocycles. The molecule has 696 valence electrons. The summed E-state index contributed by atoms with van der Waals surface area (Å²) in [5, 5.41) is 9.43. The van der Waals surface area contributed by atoms with Gasteiger partial charge in [0.05, 0.1) is 116 Å². The van der Waals surface area contributed by atoms with Crippen molar-refractivity contribution in [3.63, 3.8) is 0 Å². The van der Waals surface area contributed by atoms with E-state index in [1.807, 2.05) is 109 Å². The number of ether oxygens (including phenoxy) is 19. The van der Waals surface area contributed by atoms with E-state index in [4.69, 9.17) is 90.0 Å². The summed E-state index contributed by atoms with van der Waals surface area (Å²) in [5.74, 6) is 5.65. The zero-order chi connectivity index (χ0) is 91.2. The summed E-state index contributed by atoms with van der Waals surface area (Å²) in [4.78, 5) is 60.8. The topological polar surface area (TPSA) is 281 Å². The van der Waals surface area contributed by atoms with Gasteiger partial charge in [-0.05, 0) is 213 Å². The first-order valence-corrected chi connectivity index (χ1v) is 44.9. The molecule has 0 amide bonds. The Labute approximate surface area is 756 Å². The summed E-state index contributed by atoms with van der Waals surface area (Å²) in [6, 6.07) is 39.0. The molecule has 128 heavy (non-hydrogen) atoms. The third-order valence-electron chi connectivity index (χ3n) is 20.6. The van der Waals surface area contributed by atoms with Crippen LogP contribution in [0.5, 0.6) is 80.5 Å². The van der Waals surface area contributed by atoms with Gasteiger partial charge in [0, 0.05) is 43.0 Å². The summed E-state index contributed by atoms with van der Waals surface area (Å²) in [6.45, 7) is 4.47. The van der Waals surface area contributed by atoms with Crippen LogP contribution in [0.15, 0.2) is 152 Å². The molecule has 7 aromatic rings. The van der Waals surface area contributed by atoms with E-state index in [9.17, 15) is 29.1 Å². The SMILES string of the molecule is COC(=O)C=Cc1ccc(OCCCCCCCCOc2cc(COc3cccc(C(=O)OCCCCCCO)c3OCc3cc(OCCCCCCCCOc4ccc(C=CC(=O)OC)cc4OC)cc(OCCCCCCCCOc4ccc(C=CC(=O)OC)cc4OC)c3)cc(OCCCCCCCCOc3ccc(C=CC(=O)OC)cc3OC)c2)c(OC)c1. The van der Waals surface area contributed by atoms with E-state index < -0.39 is 29.8 Å². The first kappa shape index (κ1) is 103. The van der Waals surface area contributed by atoms with E-state index >= 15 is 0 Å². The number of para-hydroxylation sites is 1. The first-order valence-electron chi connectivity index (χ1n) is 44.9. The van der Waals surface area contributed by atoms with Crippen molar-refractivity contribution in [2.24, 2.45) is 0 Å². The highest BCUT2D eigenvalue weighted by molar-refractivity contribution is 5.94. The van der Waals surface area contributed by atoms with Crippen molar-refractivity contribution in [2.45, 2.75) is 193 Å². The molecule has 0 saturated carbocycles. The normalized spacial score (nSPS) is 11.2. The highest BCUT2D eigenvalue weighted by Crippen LogP contribution is 2.38. The Morgan fingerprint density at radius 2 is 0.523 bits per heavy atom. The molecule has 0 aliphatic heterocycles. The lowest BCUT2D eigenvalue weighted by atomic mass is 10.1. The Morgan fingerprint density at radius 3 is 0.805 bits per heavy atom. The number of unbranched alkanes of at least 4 members (excludes halogenated alkanes) is 23. The summed E-state index contributed by atoms with van der Waals surface area (Å²) in [6.07, 6.45) is 37.9. The Morgan fingerprint density at radius 1 is 0.258 bits per heavy atom. The summed E-state index contributed by atoms with van der Waals surface area (Å²) >= 11 is 0. The molecule has 0 spiro atoms. The largest absolute Gasteiger partial charge is 0.493 e. The second-order valence-electron chi connectivity index (χ2n) is 30.4. The summed E-state index contributed by atoms with van der Waals surface area (Å²) in [7, 11) is 11.7. The van der Waals surface area contributed by atoms with Crippen LogP contribution in [0.25, 0.3) is 24.3 Å². The van der Waals surface area contributed by atoms with Crippen LogP contribution < -0.4 is 66.3 Å². The van der Waals surface area contributed by atoms with Crippen molar-refractivity contribution in [3.05, 3.63) is 191 Å². The zero-order valence-electron chi connectivity index (χ0n) is 76.3. The van der Waals surface area contributed by atoms with Gasteiger partial charge in [-0.25, -0.2) is 24.0 Å². The van der Waals surface area contributed by atoms with Crippen LogP contribution in [0.3, 0.4) is 0 Å². The highest BCUT2D eigenvalue weighted by atomic mass is 16.6. The summed E-state index contributed by atoms with van der Waals surface area (Å²) in [5.41, 5.74) is 4.88. The van der Waals surface area contributed by atoms with Gasteiger partial charge in [-0.15, -0.1) is 0 Å². The first-order chi connectivity index (χ1) is 62.7. The van der Waals surface area contributed by atoms with Gasteiger partial charge >= 0.3 is 29.8 Å². The Hall–Kier alpha value is -12.0. The molecule has 7 aromatic carbocycles. The van der Waals surface area contributed by atoms with E-state index in [1.54, 1.807) is 70.9 Å². The van der Waals surface area contributed by atoms with Gasteiger partial charge in [-0.2, -0.15) is 0 Å². The van der Waals surface area contributed by atoms with E-state index in [0.29, 0.717) is 140 Å². The number of benzene rings is 7. The average molecular weight is 1770 g/mol. The Balaban J connectivity index is 0.994. The minimum Gasteiger partial charge on any atom is -0.493 e. The zero-order valence-corrected chi connectivity index (χ0v) is 76.3. The molecule has 0 aromatic heterocycles. The highest BCUT2D eigenvalue weighted by Gasteiger charge is 2.22. The number of carbonyl (C=O) groups excluding carboxylic acids is 5. The Kier molecular flexibility index (Phi) is 50.8. The number of esters is 5. The maximum absolute atomic E-state index is 14.3. The molecule has 25 nitrogen and oxygen atoms in total. The van der Waals surface area contributed by atoms with Crippen molar-refractivity contribution in [2.75, 3.05) is 123 Å². The fourth-order valence-electron chi connectivity index (χ4n) is 13.5. The molecule has 7 rings (SSSR count). The van der Waals surface area contributed by atoms with Crippen LogP contribution >= 0.6 is 0 Å². The predicted octanol–water partition coefficient (Wildman–Crippen LogP) is 21.5. The van der Waals surface area contributed by atoms with Crippen LogP contribution in [0.4, 0.5) is 0 Å². The second-order valence-corrected chi connectivity index (χ2v) is 30.4. The number of methoxy groups -OCH3 is 8. The number of carbonyl (C=O) groups is 5. The molecule has 25 heteroatoms. The number of aliphatic hydroxyl groups excluding tert-OH is 1. The number of hydrogen-bond acceptors (Lipinski definition) is 25. The molecule has 1 N–H and O–H groups in total. The lowest BCUT2D eigenvalue weighted by Gasteiger charge is -2.18. The second kappa shape index (κ2) is 63.0. The standard InChI is InChI=1S/C103H134O25/c1-110-94-70-78(44-52-98(105)114-5)40-48-89(94)122-61-32-22-13-9-18-28-57-118-84-66-82(67-85(74-84)119-58-29-19-10-14-23-33-62-123-90-49-41-79(71-95(90)111-2)45-53-99(106)115-6)76-127-93-39-37-38-88(103(109)126-65-36-26-17-27-56-104)102(93)128-77-83-68-86(120-59-30-20-11-15-24-34-63-124-91-50-42-80(72-96(91)112-3)46-54-100(107)116-7)75-87(69-83)121-60-31-21-12-16-25-35-64-125-92-51-43-81(73-97(92)113-4)47-55-101(108)117-8/h37-55,66-75,104H,9-36,56-65,76-77H2,1-8H3. The fourth-order valence-corrected chi connectivity index (χ4v) is 13.5. The van der Waals surface area contributed by atoms with Crippen LogP contribution in [0.1, 0.15) is 224 Å². The van der Waals surface area contributed by atoms with Crippen LogP contribution in [-0.2, 0) is 56.1 Å².